The number of piperazine rings is 1. The van der Waals surface area contributed by atoms with Crippen molar-refractivity contribution in [1.82, 2.24) is 25.4 Å². The summed E-state index contributed by atoms with van der Waals surface area (Å²) in [6, 6.07) is 0. The van der Waals surface area contributed by atoms with E-state index >= 15 is 0 Å². The molecule has 0 aliphatic carbocycles. The van der Waals surface area contributed by atoms with Crippen molar-refractivity contribution in [3.05, 3.63) is 15.6 Å². The average molecular weight is 539 g/mol. The second kappa shape index (κ2) is 14.1. The zero-order valence-electron chi connectivity index (χ0n) is 18.0. The molecule has 1 aliphatic heterocycles. The second-order valence-electron chi connectivity index (χ2n) is 6.83. The van der Waals surface area contributed by atoms with Crippen LogP contribution < -0.4 is 10.6 Å². The maximum Gasteiger partial charge on any atom is 0.234 e. The number of halogens is 1. The Morgan fingerprint density at radius 3 is 2.55 bits per heavy atom. The molecule has 10 heteroatoms. The predicted molar refractivity (Wildman–Crippen MR) is 130 cm³/mol. The van der Waals surface area contributed by atoms with Crippen LogP contribution in [0.3, 0.4) is 0 Å². The van der Waals surface area contributed by atoms with Crippen molar-refractivity contribution in [2.24, 2.45) is 4.99 Å². The number of aromatic nitrogens is 1. The van der Waals surface area contributed by atoms with Gasteiger partial charge >= 0.3 is 0 Å². The zero-order chi connectivity index (χ0) is 20.4. The molecule has 1 aromatic rings. The first-order chi connectivity index (χ1) is 13.5. The van der Waals surface area contributed by atoms with Crippen LogP contribution in [0.15, 0.2) is 4.99 Å². The highest BCUT2D eigenvalue weighted by Gasteiger charge is 2.21. The van der Waals surface area contributed by atoms with E-state index in [0.717, 1.165) is 62.4 Å². The van der Waals surface area contributed by atoms with Crippen LogP contribution in [-0.4, -0.2) is 92.7 Å². The molecule has 2 heterocycles. The molecule has 1 aromatic heterocycles. The minimum atomic E-state index is 0. The molecule has 29 heavy (non-hydrogen) atoms. The number of aryl methyl sites for hydroxylation is 2. The Balaban J connectivity index is 0.00000420. The maximum atomic E-state index is 11.9. The van der Waals surface area contributed by atoms with Gasteiger partial charge < -0.3 is 20.3 Å². The van der Waals surface area contributed by atoms with Crippen molar-refractivity contribution >= 4 is 47.2 Å². The van der Waals surface area contributed by atoms with Gasteiger partial charge in [0.2, 0.25) is 5.91 Å². The molecule has 0 saturated carbocycles. The molecule has 2 N–H and O–H groups in total. The molecular formula is C19H35IN6O2S. The van der Waals surface area contributed by atoms with Gasteiger partial charge in [0.05, 0.1) is 23.9 Å². The zero-order valence-corrected chi connectivity index (χ0v) is 21.1. The first-order valence-electron chi connectivity index (χ1n) is 9.97. The fourth-order valence-electron chi connectivity index (χ4n) is 3.16. The number of thiazole rings is 1. The van der Waals surface area contributed by atoms with E-state index in [1.54, 1.807) is 18.4 Å². The molecule has 0 aromatic carbocycles. The van der Waals surface area contributed by atoms with Crippen molar-refractivity contribution in [1.29, 1.82) is 0 Å². The number of aliphatic imine (C=N–C) groups is 1. The number of methoxy groups -OCH3 is 1. The number of carbonyl (C=O) groups excluding carboxylic acids is 1. The summed E-state index contributed by atoms with van der Waals surface area (Å²) in [5.41, 5.74) is 1.13. The molecule has 1 aliphatic rings. The number of guanidine groups is 1. The topological polar surface area (TPSA) is 82.1 Å². The Hall–Kier alpha value is -0.980. The van der Waals surface area contributed by atoms with Crippen LogP contribution in [-0.2, 0) is 16.0 Å². The Morgan fingerprint density at radius 2 is 1.97 bits per heavy atom. The molecule has 0 radical (unpaired) electrons. The second-order valence-corrected chi connectivity index (χ2v) is 8.12. The molecule has 0 unspecified atom stereocenters. The SMILES string of the molecule is CCNC(=NCCc1sc(C)nc1C)N1CCN(CC(=O)NCCOC)CC1.I. The number of carbonyl (C=O) groups is 1. The van der Waals surface area contributed by atoms with Gasteiger partial charge in [-0.15, -0.1) is 35.3 Å². The first kappa shape index (κ1) is 26.1. The monoisotopic (exact) mass is 538 g/mol. The fraction of sp³-hybridized carbons (Fsp3) is 0.737. The maximum absolute atomic E-state index is 11.9. The van der Waals surface area contributed by atoms with Gasteiger partial charge in [-0.3, -0.25) is 14.7 Å². The van der Waals surface area contributed by atoms with E-state index in [4.69, 9.17) is 9.73 Å². The highest BCUT2D eigenvalue weighted by Crippen LogP contribution is 2.17. The molecule has 0 spiro atoms. The van der Waals surface area contributed by atoms with Crippen molar-refractivity contribution in [2.45, 2.75) is 27.2 Å². The Bertz CT molecular complexity index is 647. The molecular weight excluding hydrogens is 503 g/mol. The van der Waals surface area contributed by atoms with Gasteiger partial charge in [0.1, 0.15) is 0 Å². The van der Waals surface area contributed by atoms with Crippen LogP contribution in [0.25, 0.3) is 0 Å². The smallest absolute Gasteiger partial charge is 0.234 e. The number of nitrogens with zero attached hydrogens (tertiary/aromatic N) is 4. The number of hydrogen-bond donors (Lipinski definition) is 2. The van der Waals surface area contributed by atoms with Crippen molar-refractivity contribution < 1.29 is 9.53 Å². The van der Waals surface area contributed by atoms with Gasteiger partial charge in [-0.2, -0.15) is 0 Å². The summed E-state index contributed by atoms with van der Waals surface area (Å²) in [6.07, 6.45) is 0.924. The lowest BCUT2D eigenvalue weighted by Crippen LogP contribution is -2.54. The highest BCUT2D eigenvalue weighted by molar-refractivity contribution is 14.0. The van der Waals surface area contributed by atoms with Crippen molar-refractivity contribution in [3.8, 4) is 0 Å². The largest absolute Gasteiger partial charge is 0.383 e. The summed E-state index contributed by atoms with van der Waals surface area (Å²) in [5, 5.41) is 7.39. The lowest BCUT2D eigenvalue weighted by molar-refractivity contribution is -0.122. The third kappa shape index (κ3) is 9.14. The van der Waals surface area contributed by atoms with E-state index in [2.05, 4.69) is 39.3 Å². The standard InChI is InChI=1S/C19H34N6O2S.HI/c1-5-20-19(22-7-6-17-15(2)23-16(3)28-17)25-11-9-24(10-12-25)14-18(26)21-8-13-27-4;/h5-14H2,1-4H3,(H,20,22)(H,21,26);1H. The summed E-state index contributed by atoms with van der Waals surface area (Å²) >= 11 is 1.76. The van der Waals surface area contributed by atoms with E-state index in [9.17, 15) is 4.79 Å². The van der Waals surface area contributed by atoms with E-state index in [1.165, 1.54) is 4.88 Å². The molecule has 0 bridgehead atoms. The van der Waals surface area contributed by atoms with E-state index < -0.39 is 0 Å². The summed E-state index contributed by atoms with van der Waals surface area (Å²) < 4.78 is 4.96. The van der Waals surface area contributed by atoms with E-state index in [1.807, 2.05) is 6.92 Å². The highest BCUT2D eigenvalue weighted by atomic mass is 127. The van der Waals surface area contributed by atoms with Crippen LogP contribution >= 0.6 is 35.3 Å². The van der Waals surface area contributed by atoms with Gasteiger partial charge in [0, 0.05) is 64.2 Å². The molecule has 1 fully saturated rings. The van der Waals surface area contributed by atoms with Crippen molar-refractivity contribution in [3.63, 3.8) is 0 Å². The van der Waals surface area contributed by atoms with Crippen LogP contribution in [0, 0.1) is 13.8 Å². The van der Waals surface area contributed by atoms with Gasteiger partial charge in [-0.1, -0.05) is 0 Å². The normalized spacial score (nSPS) is 15.2. The third-order valence-corrected chi connectivity index (χ3v) is 5.73. The number of rotatable bonds is 9. The van der Waals surface area contributed by atoms with Gasteiger partial charge in [0.25, 0.3) is 0 Å². The summed E-state index contributed by atoms with van der Waals surface area (Å²) in [7, 11) is 1.63. The third-order valence-electron chi connectivity index (χ3n) is 4.60. The quantitative estimate of drug-likeness (QED) is 0.213. The summed E-state index contributed by atoms with van der Waals surface area (Å²) in [4.78, 5) is 27.0. The molecule has 0 atom stereocenters. The van der Waals surface area contributed by atoms with Crippen LogP contribution in [0.5, 0.6) is 0 Å². The van der Waals surface area contributed by atoms with Crippen LogP contribution in [0.2, 0.25) is 0 Å². The number of nitrogens with one attached hydrogen (secondary N) is 2. The summed E-state index contributed by atoms with van der Waals surface area (Å²) in [5.74, 6) is 1.02. The number of amides is 1. The van der Waals surface area contributed by atoms with E-state index in [0.29, 0.717) is 19.7 Å². The Morgan fingerprint density at radius 1 is 1.24 bits per heavy atom. The van der Waals surface area contributed by atoms with Crippen molar-refractivity contribution in [2.75, 3.05) is 66.1 Å². The lowest BCUT2D eigenvalue weighted by Gasteiger charge is -2.36. The van der Waals surface area contributed by atoms with Gasteiger partial charge in [-0.25, -0.2) is 4.98 Å². The minimum absolute atomic E-state index is 0. The predicted octanol–water partition coefficient (Wildman–Crippen LogP) is 1.27. The van der Waals surface area contributed by atoms with Crippen LogP contribution in [0.4, 0.5) is 0 Å². The minimum Gasteiger partial charge on any atom is -0.383 e. The van der Waals surface area contributed by atoms with Gasteiger partial charge in [0.15, 0.2) is 5.96 Å². The molecule has 2 rings (SSSR count). The molecule has 166 valence electrons. The summed E-state index contributed by atoms with van der Waals surface area (Å²) in [6.45, 7) is 12.8. The Kier molecular flexibility index (Phi) is 12.7. The van der Waals surface area contributed by atoms with E-state index in [-0.39, 0.29) is 29.9 Å². The van der Waals surface area contributed by atoms with Crippen LogP contribution in [0.1, 0.15) is 22.5 Å². The Labute approximate surface area is 195 Å². The lowest BCUT2D eigenvalue weighted by atomic mass is 10.3. The number of ether oxygens (including phenoxy) is 1. The molecule has 1 amide bonds. The van der Waals surface area contributed by atoms with Gasteiger partial charge in [-0.05, 0) is 20.8 Å². The average Bonchev–Trinajstić information content (AvgIpc) is 2.99. The fourth-order valence-corrected chi connectivity index (χ4v) is 4.09. The number of hydrogen-bond acceptors (Lipinski definition) is 6. The molecule has 8 nitrogen and oxygen atoms in total. The molecule has 1 saturated heterocycles. The first-order valence-corrected chi connectivity index (χ1v) is 10.8.